The summed E-state index contributed by atoms with van der Waals surface area (Å²) in [6, 6.07) is 0. The first-order valence-corrected chi connectivity index (χ1v) is 12.0. The van der Waals surface area contributed by atoms with Crippen LogP contribution in [-0.2, 0) is 18.3 Å². The third-order valence-corrected chi connectivity index (χ3v) is 11.2. The second kappa shape index (κ2) is 6.86. The second-order valence-corrected chi connectivity index (χ2v) is 14.8. The molecule has 11 heteroatoms. The Labute approximate surface area is 177 Å². The molecule has 2 aliphatic rings. The number of ether oxygens (including phenoxy) is 2. The van der Waals surface area contributed by atoms with Gasteiger partial charge in [-0.3, -0.25) is 4.57 Å². The van der Waals surface area contributed by atoms with Gasteiger partial charge in [0.05, 0.1) is 12.9 Å². The van der Waals surface area contributed by atoms with Gasteiger partial charge in [-0.15, -0.1) is 0 Å². The van der Waals surface area contributed by atoms with Crippen molar-refractivity contribution in [2.24, 2.45) is 0 Å². The van der Waals surface area contributed by atoms with Crippen LogP contribution in [0.25, 0.3) is 11.2 Å². The van der Waals surface area contributed by atoms with Crippen molar-refractivity contribution in [3.05, 3.63) is 6.33 Å². The number of nitrogens with zero attached hydrogens (tertiary/aromatic N) is 4. The van der Waals surface area contributed by atoms with Crippen molar-refractivity contribution >= 4 is 31.5 Å². The van der Waals surface area contributed by atoms with Gasteiger partial charge in [-0.2, -0.15) is 9.97 Å². The lowest BCUT2D eigenvalue weighted by Gasteiger charge is -2.53. The van der Waals surface area contributed by atoms with Crippen molar-refractivity contribution in [2.45, 2.75) is 76.2 Å². The highest BCUT2D eigenvalue weighted by Gasteiger charge is 2.65. The molecule has 0 aromatic carbocycles. The Morgan fingerprint density at radius 1 is 1.13 bits per heavy atom. The van der Waals surface area contributed by atoms with Crippen LogP contribution in [0, 0.1) is 0 Å². The van der Waals surface area contributed by atoms with Gasteiger partial charge in [0.15, 0.2) is 17.7 Å². The Bertz CT molecular complexity index is 939. The van der Waals surface area contributed by atoms with Crippen molar-refractivity contribution in [1.29, 1.82) is 0 Å². The number of hydrogen-bond donors (Lipinski definition) is 2. The van der Waals surface area contributed by atoms with Crippen LogP contribution in [0.2, 0.25) is 10.1 Å². The van der Waals surface area contributed by atoms with Crippen molar-refractivity contribution in [3.8, 4) is 0 Å². The lowest BCUT2D eigenvalue weighted by atomic mass is 10.1. The number of aromatic nitrogens is 4. The molecule has 4 heterocycles. The number of anilines is 2. The number of fused-ring (bicyclic) bond motifs is 2. The molecule has 0 spiro atoms. The zero-order chi connectivity index (χ0) is 22.1. The number of hydrogen-bond acceptors (Lipinski definition) is 9. The monoisotopic (exact) mass is 436 g/mol. The molecule has 1 unspecified atom stereocenters. The van der Waals surface area contributed by atoms with Crippen LogP contribution in [0.5, 0.6) is 0 Å². The number of methoxy groups -OCH3 is 1. The van der Waals surface area contributed by atoms with Crippen molar-refractivity contribution in [1.82, 2.24) is 19.5 Å². The van der Waals surface area contributed by atoms with Gasteiger partial charge >= 0.3 is 8.56 Å². The number of rotatable bonds is 2. The largest absolute Gasteiger partial charge is 0.391 e. The third kappa shape index (κ3) is 3.02. The topological polar surface area (TPSA) is 133 Å². The summed E-state index contributed by atoms with van der Waals surface area (Å²) in [5.41, 5.74) is 12.8. The molecule has 30 heavy (non-hydrogen) atoms. The Morgan fingerprint density at radius 3 is 2.40 bits per heavy atom. The molecular weight excluding hydrogens is 404 g/mol. The summed E-state index contributed by atoms with van der Waals surface area (Å²) >= 11 is 0. The molecule has 2 aromatic rings. The average molecular weight is 437 g/mol. The molecule has 4 N–H and O–H groups in total. The van der Waals surface area contributed by atoms with Gasteiger partial charge in [-0.05, 0) is 0 Å². The molecule has 2 saturated heterocycles. The Balaban J connectivity index is 1.74. The lowest BCUT2D eigenvalue weighted by molar-refractivity contribution is -0.0797. The van der Waals surface area contributed by atoms with Crippen LogP contribution in [0.3, 0.4) is 0 Å². The fraction of sp³-hybridized carbons (Fsp3) is 0.737. The lowest BCUT2D eigenvalue weighted by Crippen LogP contribution is -2.65. The van der Waals surface area contributed by atoms with Crippen LogP contribution in [-0.4, -0.2) is 60.1 Å². The molecule has 2 aromatic heterocycles. The molecule has 0 saturated carbocycles. The summed E-state index contributed by atoms with van der Waals surface area (Å²) in [5.74, 6) is 0.310. The van der Waals surface area contributed by atoms with E-state index >= 15 is 0 Å². The van der Waals surface area contributed by atoms with Crippen molar-refractivity contribution < 1.29 is 18.3 Å². The van der Waals surface area contributed by atoms with Crippen LogP contribution in [0.4, 0.5) is 11.8 Å². The van der Waals surface area contributed by atoms with E-state index in [9.17, 15) is 0 Å². The third-order valence-electron chi connectivity index (χ3n) is 6.03. The first-order valence-electron chi connectivity index (χ1n) is 10.1. The SMILES string of the molecule is CO[C@H]1C(n2cnc3c(N)nc(N)nc32)O[C@@H]2CO[Si](C(C)(C)C)(C(C)(C)C)O[C@H]21. The van der Waals surface area contributed by atoms with E-state index in [1.165, 1.54) is 0 Å². The molecule has 0 aliphatic carbocycles. The van der Waals surface area contributed by atoms with Crippen molar-refractivity contribution in [2.75, 3.05) is 25.2 Å². The molecule has 0 radical (unpaired) electrons. The summed E-state index contributed by atoms with van der Waals surface area (Å²) in [4.78, 5) is 12.7. The van der Waals surface area contributed by atoms with E-state index in [1.54, 1.807) is 18.0 Å². The molecule has 4 rings (SSSR count). The van der Waals surface area contributed by atoms with E-state index < -0.39 is 14.8 Å². The maximum atomic E-state index is 6.87. The van der Waals surface area contributed by atoms with Crippen LogP contribution >= 0.6 is 0 Å². The number of nitrogen functional groups attached to an aromatic ring is 2. The van der Waals surface area contributed by atoms with E-state index in [2.05, 4.69) is 56.5 Å². The molecule has 166 valence electrons. The highest BCUT2D eigenvalue weighted by atomic mass is 28.4. The molecule has 4 atom stereocenters. The van der Waals surface area contributed by atoms with Gasteiger partial charge in [0.25, 0.3) is 0 Å². The van der Waals surface area contributed by atoms with E-state index in [1.807, 2.05) is 0 Å². The number of nitrogens with two attached hydrogens (primary N) is 2. The van der Waals surface area contributed by atoms with E-state index in [-0.39, 0.29) is 40.2 Å². The van der Waals surface area contributed by atoms with Crippen molar-refractivity contribution in [3.63, 3.8) is 0 Å². The minimum atomic E-state index is -2.67. The maximum absolute atomic E-state index is 6.87. The molecular formula is C19H32N6O4Si. The predicted molar refractivity (Wildman–Crippen MR) is 115 cm³/mol. The molecule has 2 fully saturated rings. The molecule has 0 amide bonds. The molecule has 2 aliphatic heterocycles. The van der Waals surface area contributed by atoms with Crippen LogP contribution < -0.4 is 11.5 Å². The summed E-state index contributed by atoms with van der Waals surface area (Å²) < 4.78 is 27.5. The van der Waals surface area contributed by atoms with Crippen LogP contribution in [0.15, 0.2) is 6.33 Å². The Hall–Kier alpha value is -1.79. The van der Waals surface area contributed by atoms with E-state index in [0.717, 1.165) is 0 Å². The standard InChI is InChI=1S/C19H32N6O4Si/c1-18(2,3)30(19(4,5)6)27-8-10-12(29-30)13(26-7)16(28-10)25-9-22-11-14(20)23-17(21)24-15(11)25/h9-10,12-13,16H,8H2,1-7H3,(H4,20,21,23,24)/t10-,12-,13-,16?/m1/s1. The second-order valence-electron chi connectivity index (χ2n) is 10.1. The highest BCUT2D eigenvalue weighted by Crippen LogP contribution is 2.56. The molecule has 10 nitrogen and oxygen atoms in total. The highest BCUT2D eigenvalue weighted by molar-refractivity contribution is 6.73. The summed E-state index contributed by atoms with van der Waals surface area (Å²) in [6.07, 6.45) is 0.219. The predicted octanol–water partition coefficient (Wildman–Crippen LogP) is 2.36. The Kier molecular flexibility index (Phi) is 4.90. The smallest absolute Gasteiger partial charge is 0.349 e. The van der Waals surface area contributed by atoms with E-state index in [0.29, 0.717) is 17.8 Å². The maximum Gasteiger partial charge on any atom is 0.349 e. The average Bonchev–Trinajstić information content (AvgIpc) is 3.19. The fourth-order valence-corrected chi connectivity index (χ4v) is 9.90. The first-order chi connectivity index (χ1) is 13.9. The first kappa shape index (κ1) is 21.4. The number of imidazole rings is 1. The minimum Gasteiger partial charge on any atom is -0.391 e. The van der Waals surface area contributed by atoms with Gasteiger partial charge in [0.2, 0.25) is 5.95 Å². The van der Waals surface area contributed by atoms with Gasteiger partial charge in [0, 0.05) is 17.2 Å². The van der Waals surface area contributed by atoms with Gasteiger partial charge in [-0.1, -0.05) is 41.5 Å². The summed E-state index contributed by atoms with van der Waals surface area (Å²) in [6.45, 7) is 13.6. The van der Waals surface area contributed by atoms with Gasteiger partial charge in [-0.25, -0.2) is 4.98 Å². The van der Waals surface area contributed by atoms with Crippen LogP contribution in [0.1, 0.15) is 47.8 Å². The summed E-state index contributed by atoms with van der Waals surface area (Å²) in [7, 11) is -1.00. The minimum absolute atomic E-state index is 0.0811. The fourth-order valence-electron chi connectivity index (χ4n) is 4.94. The Morgan fingerprint density at radius 2 is 1.80 bits per heavy atom. The summed E-state index contributed by atoms with van der Waals surface area (Å²) in [5, 5.41) is -0.269. The van der Waals surface area contributed by atoms with Gasteiger partial charge in [0.1, 0.15) is 23.8 Å². The normalized spacial score (nSPS) is 29.3. The van der Waals surface area contributed by atoms with Gasteiger partial charge < -0.3 is 29.8 Å². The molecule has 0 bridgehead atoms. The quantitative estimate of drug-likeness (QED) is 0.681. The zero-order valence-electron chi connectivity index (χ0n) is 18.7. The zero-order valence-corrected chi connectivity index (χ0v) is 19.7. The van der Waals surface area contributed by atoms with E-state index in [4.69, 9.17) is 29.8 Å².